The summed E-state index contributed by atoms with van der Waals surface area (Å²) < 4.78 is 0. The highest BCUT2D eigenvalue weighted by molar-refractivity contribution is 6.05. The first-order valence-electron chi connectivity index (χ1n) is 4.99. The Hall–Kier alpha value is -1.65. The van der Waals surface area contributed by atoms with Gasteiger partial charge in [0.05, 0.1) is 5.41 Å². The first kappa shape index (κ1) is 12.4. The van der Waals surface area contributed by atoms with Crippen molar-refractivity contribution in [2.24, 2.45) is 5.41 Å². The molecular weight excluding hydrogens is 210 g/mol. The molecule has 16 heavy (non-hydrogen) atoms. The van der Waals surface area contributed by atoms with Gasteiger partial charge in [0.2, 0.25) is 11.8 Å². The maximum Gasteiger partial charge on any atom is 0.328 e. The van der Waals surface area contributed by atoms with E-state index >= 15 is 0 Å². The van der Waals surface area contributed by atoms with Crippen LogP contribution in [0.15, 0.2) is 11.6 Å². The Morgan fingerprint density at radius 1 is 1.50 bits per heavy atom. The van der Waals surface area contributed by atoms with Crippen LogP contribution in [0.5, 0.6) is 0 Å². The summed E-state index contributed by atoms with van der Waals surface area (Å²) in [6.07, 6.45) is 1.19. The second kappa shape index (κ2) is 4.08. The van der Waals surface area contributed by atoms with Gasteiger partial charge in [0.15, 0.2) is 0 Å². The van der Waals surface area contributed by atoms with E-state index in [0.717, 1.165) is 11.0 Å². The van der Waals surface area contributed by atoms with Crippen molar-refractivity contribution in [1.82, 2.24) is 4.90 Å². The number of imide groups is 1. The lowest BCUT2D eigenvalue weighted by Gasteiger charge is -2.17. The summed E-state index contributed by atoms with van der Waals surface area (Å²) in [6.45, 7) is 5.07. The molecule has 0 unspecified atom stereocenters. The third-order valence-corrected chi connectivity index (χ3v) is 2.50. The van der Waals surface area contributed by atoms with Crippen molar-refractivity contribution in [3.63, 3.8) is 0 Å². The van der Waals surface area contributed by atoms with Gasteiger partial charge in [-0.25, -0.2) is 4.79 Å². The number of rotatable bonds is 3. The van der Waals surface area contributed by atoms with Crippen LogP contribution in [0, 0.1) is 5.41 Å². The fourth-order valence-corrected chi connectivity index (χ4v) is 1.69. The first-order valence-corrected chi connectivity index (χ1v) is 4.99. The fraction of sp³-hybridized carbons (Fsp3) is 0.545. The summed E-state index contributed by atoms with van der Waals surface area (Å²) in [4.78, 5) is 34.9. The molecule has 1 N–H and O–H groups in total. The van der Waals surface area contributed by atoms with Gasteiger partial charge < -0.3 is 5.11 Å². The van der Waals surface area contributed by atoms with Crippen LogP contribution in [0.4, 0.5) is 0 Å². The molecule has 2 amide bonds. The maximum atomic E-state index is 11.8. The van der Waals surface area contributed by atoms with E-state index in [1.165, 1.54) is 0 Å². The van der Waals surface area contributed by atoms with E-state index in [-0.39, 0.29) is 24.8 Å². The number of amides is 2. The van der Waals surface area contributed by atoms with Crippen molar-refractivity contribution < 1.29 is 19.5 Å². The lowest BCUT2D eigenvalue weighted by molar-refractivity contribution is -0.140. The third-order valence-electron chi connectivity index (χ3n) is 2.50. The van der Waals surface area contributed by atoms with Crippen LogP contribution in [0.25, 0.3) is 0 Å². The van der Waals surface area contributed by atoms with E-state index in [9.17, 15) is 14.4 Å². The third kappa shape index (κ3) is 2.48. The lowest BCUT2D eigenvalue weighted by Crippen LogP contribution is -2.34. The van der Waals surface area contributed by atoms with Crippen LogP contribution in [0.3, 0.4) is 0 Å². The van der Waals surface area contributed by atoms with E-state index in [2.05, 4.69) is 0 Å². The maximum absolute atomic E-state index is 11.8. The molecule has 1 heterocycles. The van der Waals surface area contributed by atoms with Crippen LogP contribution >= 0.6 is 0 Å². The van der Waals surface area contributed by atoms with E-state index in [4.69, 9.17) is 5.11 Å². The lowest BCUT2D eigenvalue weighted by atomic mass is 9.92. The van der Waals surface area contributed by atoms with Crippen molar-refractivity contribution >= 4 is 17.8 Å². The van der Waals surface area contributed by atoms with Crippen molar-refractivity contribution in [1.29, 1.82) is 0 Å². The minimum absolute atomic E-state index is 0.0629. The Morgan fingerprint density at radius 2 is 2.06 bits per heavy atom. The minimum Gasteiger partial charge on any atom is -0.478 e. The quantitative estimate of drug-likeness (QED) is 0.569. The molecule has 1 fully saturated rings. The number of carbonyl (C=O) groups excluding carboxylic acids is 2. The Labute approximate surface area is 93.7 Å². The fourth-order valence-electron chi connectivity index (χ4n) is 1.69. The largest absolute Gasteiger partial charge is 0.478 e. The summed E-state index contributed by atoms with van der Waals surface area (Å²) in [5.41, 5.74) is -0.187. The molecule has 5 heteroatoms. The van der Waals surface area contributed by atoms with Gasteiger partial charge in [-0.15, -0.1) is 0 Å². The SMILES string of the molecule is CC(=CC(=O)O)CN1C(=O)CC(C)(C)C1=O. The van der Waals surface area contributed by atoms with Gasteiger partial charge in [0, 0.05) is 19.0 Å². The second-order valence-electron chi connectivity index (χ2n) is 4.67. The van der Waals surface area contributed by atoms with Crippen LogP contribution in [-0.4, -0.2) is 34.3 Å². The molecule has 88 valence electrons. The average Bonchev–Trinajstić information content (AvgIpc) is 2.26. The molecule has 0 radical (unpaired) electrons. The van der Waals surface area contributed by atoms with Crippen LogP contribution in [-0.2, 0) is 14.4 Å². The molecule has 0 aromatic carbocycles. The smallest absolute Gasteiger partial charge is 0.328 e. The standard InChI is InChI=1S/C11H15NO4/c1-7(4-9(14)15)6-12-8(13)5-11(2,3)10(12)16/h4H,5-6H2,1-3H3,(H,14,15). The number of aliphatic carboxylic acids is 1. The average molecular weight is 225 g/mol. The Kier molecular flexibility index (Phi) is 3.16. The highest BCUT2D eigenvalue weighted by Gasteiger charge is 2.44. The summed E-state index contributed by atoms with van der Waals surface area (Å²) in [6, 6.07) is 0. The van der Waals surface area contributed by atoms with Gasteiger partial charge in [0.25, 0.3) is 0 Å². The van der Waals surface area contributed by atoms with E-state index in [1.54, 1.807) is 20.8 Å². The first-order chi connectivity index (χ1) is 7.24. The van der Waals surface area contributed by atoms with Crippen molar-refractivity contribution in [2.45, 2.75) is 27.2 Å². The number of nitrogens with zero attached hydrogens (tertiary/aromatic N) is 1. The molecule has 0 bridgehead atoms. The Balaban J connectivity index is 2.80. The van der Waals surface area contributed by atoms with Gasteiger partial charge in [-0.2, -0.15) is 0 Å². The van der Waals surface area contributed by atoms with Crippen molar-refractivity contribution in [3.05, 3.63) is 11.6 Å². The van der Waals surface area contributed by atoms with E-state index < -0.39 is 11.4 Å². The van der Waals surface area contributed by atoms with E-state index in [1.807, 2.05) is 0 Å². The van der Waals surface area contributed by atoms with Gasteiger partial charge in [-0.05, 0) is 12.5 Å². The molecule has 1 saturated heterocycles. The van der Waals surface area contributed by atoms with Gasteiger partial charge >= 0.3 is 5.97 Å². The van der Waals surface area contributed by atoms with Crippen molar-refractivity contribution in [2.75, 3.05) is 6.54 Å². The molecule has 0 aromatic rings. The molecule has 0 saturated carbocycles. The van der Waals surface area contributed by atoms with Gasteiger partial charge in [0.1, 0.15) is 0 Å². The highest BCUT2D eigenvalue weighted by Crippen LogP contribution is 2.31. The van der Waals surface area contributed by atoms with E-state index in [0.29, 0.717) is 5.57 Å². The molecule has 1 aliphatic heterocycles. The summed E-state index contributed by atoms with van der Waals surface area (Å²) in [5, 5.41) is 8.53. The number of carbonyl (C=O) groups is 3. The molecule has 0 aliphatic carbocycles. The molecule has 0 spiro atoms. The number of hydrogen-bond donors (Lipinski definition) is 1. The summed E-state index contributed by atoms with van der Waals surface area (Å²) in [7, 11) is 0. The zero-order valence-corrected chi connectivity index (χ0v) is 9.61. The Morgan fingerprint density at radius 3 is 2.44 bits per heavy atom. The topological polar surface area (TPSA) is 74.7 Å². The van der Waals surface area contributed by atoms with Crippen LogP contribution in [0.2, 0.25) is 0 Å². The number of carboxylic acid groups (broad SMARTS) is 1. The molecular formula is C11H15NO4. The number of likely N-dealkylation sites (tertiary alicyclic amines) is 1. The van der Waals surface area contributed by atoms with Crippen LogP contribution < -0.4 is 0 Å². The zero-order valence-electron chi connectivity index (χ0n) is 9.61. The predicted octanol–water partition coefficient (Wildman–Crippen LogP) is 0.802. The molecule has 1 aliphatic rings. The van der Waals surface area contributed by atoms with Crippen molar-refractivity contribution in [3.8, 4) is 0 Å². The highest BCUT2D eigenvalue weighted by atomic mass is 16.4. The monoisotopic (exact) mass is 225 g/mol. The molecule has 5 nitrogen and oxygen atoms in total. The summed E-state index contributed by atoms with van der Waals surface area (Å²) in [5.74, 6) is -1.56. The second-order valence-corrected chi connectivity index (χ2v) is 4.67. The zero-order chi connectivity index (χ0) is 12.5. The Bertz CT molecular complexity index is 381. The molecule has 0 atom stereocenters. The molecule has 0 aromatic heterocycles. The normalized spacial score (nSPS) is 20.4. The summed E-state index contributed by atoms with van der Waals surface area (Å²) >= 11 is 0. The number of hydrogen-bond acceptors (Lipinski definition) is 3. The molecule has 1 rings (SSSR count). The van der Waals surface area contributed by atoms with Gasteiger partial charge in [-0.1, -0.05) is 13.8 Å². The minimum atomic E-state index is -1.07. The number of carboxylic acids is 1. The van der Waals surface area contributed by atoms with Crippen LogP contribution in [0.1, 0.15) is 27.2 Å². The van der Waals surface area contributed by atoms with Gasteiger partial charge in [-0.3, -0.25) is 14.5 Å². The predicted molar refractivity (Wildman–Crippen MR) is 56.5 cm³/mol.